The van der Waals surface area contributed by atoms with Crippen molar-refractivity contribution in [1.82, 2.24) is 0 Å². The topological polar surface area (TPSA) is 20.2 Å². The van der Waals surface area contributed by atoms with Crippen LogP contribution < -0.4 is 0 Å². The van der Waals surface area contributed by atoms with Crippen LogP contribution in [0, 0.1) is 0 Å². The molecule has 0 heterocycles. The second-order valence-corrected chi connectivity index (χ2v) is 10.5. The summed E-state index contributed by atoms with van der Waals surface area (Å²) in [4.78, 5) is 0. The van der Waals surface area contributed by atoms with Gasteiger partial charge in [0.25, 0.3) is 0 Å². The monoisotopic (exact) mass is 212 g/mol. The lowest BCUT2D eigenvalue weighted by molar-refractivity contribution is -0.286. The fourth-order valence-corrected chi connectivity index (χ4v) is 3.50. The van der Waals surface area contributed by atoms with E-state index in [2.05, 4.69) is 0 Å². The van der Waals surface area contributed by atoms with Gasteiger partial charge in [-0.3, -0.25) is 0 Å². The Bertz CT molecular complexity index is 200. The van der Waals surface area contributed by atoms with Gasteiger partial charge >= 0.3 is 6.18 Å². The molecule has 1 rings (SSSR count). The van der Waals surface area contributed by atoms with Gasteiger partial charge in [0.1, 0.15) is 0 Å². The normalized spacial score (nSPS) is 35.8. The fourth-order valence-electron chi connectivity index (χ4n) is 1.60. The van der Waals surface area contributed by atoms with Crippen LogP contribution in [0.1, 0.15) is 12.8 Å². The molecule has 1 N–H and O–H groups in total. The molecule has 0 radical (unpaired) electrons. The molecule has 1 aliphatic rings. The zero-order valence-electron chi connectivity index (χ0n) is 8.07. The Morgan fingerprint density at radius 3 is 1.85 bits per heavy atom. The van der Waals surface area contributed by atoms with Gasteiger partial charge in [-0.1, -0.05) is 19.6 Å². The minimum atomic E-state index is -4.44. The van der Waals surface area contributed by atoms with E-state index in [0.717, 1.165) is 0 Å². The van der Waals surface area contributed by atoms with Gasteiger partial charge in [-0.25, -0.2) is 0 Å². The van der Waals surface area contributed by atoms with Crippen LogP contribution >= 0.6 is 0 Å². The SMILES string of the molecule is C[Si](C)(C)C1CC(O)(C(F)(F)F)C1. The first-order valence-corrected chi connectivity index (χ1v) is 7.93. The molecule has 0 amide bonds. The highest BCUT2D eigenvalue weighted by Crippen LogP contribution is 2.54. The Balaban J connectivity index is 2.58. The highest BCUT2D eigenvalue weighted by atomic mass is 28.3. The first-order chi connectivity index (χ1) is 5.56. The van der Waals surface area contributed by atoms with Gasteiger partial charge in [-0.2, -0.15) is 13.2 Å². The molecule has 0 aromatic carbocycles. The Kier molecular flexibility index (Phi) is 2.32. The van der Waals surface area contributed by atoms with E-state index in [1.54, 1.807) is 0 Å². The van der Waals surface area contributed by atoms with Gasteiger partial charge in [0, 0.05) is 8.07 Å². The van der Waals surface area contributed by atoms with Crippen molar-refractivity contribution in [2.24, 2.45) is 0 Å². The summed E-state index contributed by atoms with van der Waals surface area (Å²) in [6.45, 7) is 6.11. The lowest BCUT2D eigenvalue weighted by atomic mass is 9.79. The molecule has 13 heavy (non-hydrogen) atoms. The molecule has 1 aliphatic carbocycles. The zero-order valence-corrected chi connectivity index (χ0v) is 9.07. The van der Waals surface area contributed by atoms with Gasteiger partial charge < -0.3 is 5.11 Å². The molecule has 1 fully saturated rings. The molecule has 0 saturated heterocycles. The molecule has 1 nitrogen and oxygen atoms in total. The van der Waals surface area contributed by atoms with Gasteiger partial charge in [0.05, 0.1) is 0 Å². The van der Waals surface area contributed by atoms with E-state index in [1.807, 2.05) is 19.6 Å². The van der Waals surface area contributed by atoms with Gasteiger partial charge in [0.15, 0.2) is 5.60 Å². The summed E-state index contributed by atoms with van der Waals surface area (Å²) >= 11 is 0. The molecule has 0 spiro atoms. The predicted molar refractivity (Wildman–Crippen MR) is 47.3 cm³/mol. The van der Waals surface area contributed by atoms with Crippen molar-refractivity contribution in [1.29, 1.82) is 0 Å². The van der Waals surface area contributed by atoms with Gasteiger partial charge in [-0.15, -0.1) is 0 Å². The molecule has 0 bridgehead atoms. The molecular formula is C8H15F3OSi. The molecule has 0 aromatic heterocycles. The smallest absolute Gasteiger partial charge is 0.380 e. The van der Waals surface area contributed by atoms with Crippen LogP contribution in [-0.2, 0) is 0 Å². The molecule has 1 saturated carbocycles. The third-order valence-electron chi connectivity index (χ3n) is 2.92. The van der Waals surface area contributed by atoms with Crippen molar-refractivity contribution in [3.63, 3.8) is 0 Å². The van der Waals surface area contributed by atoms with Crippen LogP contribution in [0.25, 0.3) is 0 Å². The van der Waals surface area contributed by atoms with Crippen molar-refractivity contribution in [2.45, 2.75) is 49.8 Å². The lowest BCUT2D eigenvalue weighted by Crippen LogP contribution is -2.57. The maximum absolute atomic E-state index is 12.2. The Morgan fingerprint density at radius 1 is 1.23 bits per heavy atom. The summed E-state index contributed by atoms with van der Waals surface area (Å²) in [5.74, 6) is 0. The van der Waals surface area contributed by atoms with E-state index >= 15 is 0 Å². The number of hydrogen-bond donors (Lipinski definition) is 1. The molecule has 0 atom stereocenters. The fraction of sp³-hybridized carbons (Fsp3) is 1.00. The molecule has 78 valence electrons. The van der Waals surface area contributed by atoms with E-state index < -0.39 is 19.9 Å². The summed E-state index contributed by atoms with van der Waals surface area (Å²) in [5.41, 5.74) is -2.27. The largest absolute Gasteiger partial charge is 0.417 e. The number of rotatable bonds is 1. The summed E-state index contributed by atoms with van der Waals surface area (Å²) < 4.78 is 36.6. The van der Waals surface area contributed by atoms with Crippen molar-refractivity contribution in [3.8, 4) is 0 Å². The second kappa shape index (κ2) is 2.73. The Morgan fingerprint density at radius 2 is 1.62 bits per heavy atom. The summed E-state index contributed by atoms with van der Waals surface area (Å²) in [6, 6.07) is 0. The van der Waals surface area contributed by atoms with Crippen molar-refractivity contribution >= 4 is 8.07 Å². The Hall–Kier alpha value is -0.0331. The molecule has 0 unspecified atom stereocenters. The quantitative estimate of drug-likeness (QED) is 0.663. The average Bonchev–Trinajstić information content (AvgIpc) is 1.75. The number of aliphatic hydroxyl groups is 1. The first-order valence-electron chi connectivity index (χ1n) is 4.35. The number of halogens is 3. The van der Waals surface area contributed by atoms with Crippen LogP contribution in [0.15, 0.2) is 0 Å². The highest BCUT2D eigenvalue weighted by Gasteiger charge is 2.62. The van der Waals surface area contributed by atoms with E-state index in [9.17, 15) is 18.3 Å². The van der Waals surface area contributed by atoms with E-state index in [1.165, 1.54) is 0 Å². The molecule has 5 heteroatoms. The van der Waals surface area contributed by atoms with Crippen LogP contribution in [0.3, 0.4) is 0 Å². The second-order valence-electron chi connectivity index (χ2n) is 5.00. The first kappa shape index (κ1) is 11.0. The lowest BCUT2D eigenvalue weighted by Gasteiger charge is -2.49. The van der Waals surface area contributed by atoms with Crippen molar-refractivity contribution < 1.29 is 18.3 Å². The average molecular weight is 212 g/mol. The van der Waals surface area contributed by atoms with Crippen LogP contribution in [-0.4, -0.2) is 25.0 Å². The Labute approximate surface area is 77.0 Å². The van der Waals surface area contributed by atoms with E-state index in [0.29, 0.717) is 0 Å². The van der Waals surface area contributed by atoms with Gasteiger partial charge in [-0.05, 0) is 18.4 Å². The minimum Gasteiger partial charge on any atom is -0.380 e. The van der Waals surface area contributed by atoms with Gasteiger partial charge in [0.2, 0.25) is 0 Å². The molecule has 0 aromatic rings. The molecular weight excluding hydrogens is 197 g/mol. The van der Waals surface area contributed by atoms with Crippen LogP contribution in [0.4, 0.5) is 13.2 Å². The minimum absolute atomic E-state index is 0.0910. The third kappa shape index (κ3) is 1.91. The standard InChI is InChI=1S/C8H15F3OSi/c1-13(2,3)6-4-7(12,5-6)8(9,10)11/h6,12H,4-5H2,1-3H3. The maximum atomic E-state index is 12.2. The number of alkyl halides is 3. The predicted octanol–water partition coefficient (Wildman–Crippen LogP) is 2.78. The third-order valence-corrected chi connectivity index (χ3v) is 5.78. The zero-order chi connectivity index (χ0) is 10.5. The van der Waals surface area contributed by atoms with Crippen molar-refractivity contribution in [3.05, 3.63) is 0 Å². The molecule has 0 aliphatic heterocycles. The summed E-state index contributed by atoms with van der Waals surface area (Å²) in [7, 11) is -1.50. The maximum Gasteiger partial charge on any atom is 0.417 e. The van der Waals surface area contributed by atoms with Crippen molar-refractivity contribution in [2.75, 3.05) is 0 Å². The van der Waals surface area contributed by atoms with Crippen LogP contribution in [0.5, 0.6) is 0 Å². The van der Waals surface area contributed by atoms with Crippen LogP contribution in [0.2, 0.25) is 25.2 Å². The highest BCUT2D eigenvalue weighted by molar-refractivity contribution is 6.77. The number of hydrogen-bond acceptors (Lipinski definition) is 1. The van der Waals surface area contributed by atoms with E-state index in [-0.39, 0.29) is 18.4 Å². The summed E-state index contributed by atoms with van der Waals surface area (Å²) in [6.07, 6.45) is -4.62. The van der Waals surface area contributed by atoms with E-state index in [4.69, 9.17) is 0 Å². The summed E-state index contributed by atoms with van der Waals surface area (Å²) in [5, 5.41) is 9.18.